The molecule has 32 heavy (non-hydrogen) atoms. The molecule has 1 aliphatic heterocycles. The van der Waals surface area contributed by atoms with Gasteiger partial charge in [0.2, 0.25) is 5.88 Å². The van der Waals surface area contributed by atoms with E-state index in [-0.39, 0.29) is 24.1 Å². The number of nitrogens with one attached hydrogen (secondary N) is 1. The van der Waals surface area contributed by atoms with E-state index >= 15 is 0 Å². The van der Waals surface area contributed by atoms with Gasteiger partial charge in [0.25, 0.3) is 0 Å². The smallest absolute Gasteiger partial charge is 0.328 e. The van der Waals surface area contributed by atoms with Gasteiger partial charge >= 0.3 is 11.7 Å². The summed E-state index contributed by atoms with van der Waals surface area (Å²) in [5.41, 5.74) is 7.26. The fraction of sp³-hybridized carbons (Fsp3) is 0.524. The van der Waals surface area contributed by atoms with Gasteiger partial charge in [-0.05, 0) is 26.0 Å². The normalized spacial score (nSPS) is 15.3. The predicted octanol–water partition coefficient (Wildman–Crippen LogP) is 0.560. The summed E-state index contributed by atoms with van der Waals surface area (Å²) in [4.78, 5) is 32.7. The molecule has 1 aliphatic rings. The molecule has 0 spiro atoms. The largest absolute Gasteiger partial charge is 0.478 e. The number of rotatable bonds is 9. The molecule has 0 saturated carbocycles. The van der Waals surface area contributed by atoms with E-state index in [0.29, 0.717) is 30.3 Å². The van der Waals surface area contributed by atoms with E-state index in [9.17, 15) is 4.79 Å². The minimum absolute atomic E-state index is 0.142. The first-order valence-corrected chi connectivity index (χ1v) is 10.9. The molecule has 0 aromatic carbocycles. The zero-order chi connectivity index (χ0) is 22.5. The number of imidazole rings is 1. The number of H-pyrrole nitrogens is 1. The third-order valence-corrected chi connectivity index (χ3v) is 5.51. The lowest BCUT2D eigenvalue weighted by Gasteiger charge is -2.32. The Morgan fingerprint density at radius 3 is 2.69 bits per heavy atom. The maximum atomic E-state index is 12.4. The van der Waals surface area contributed by atoms with Crippen LogP contribution in [0.5, 0.6) is 11.9 Å². The zero-order valence-corrected chi connectivity index (χ0v) is 18.6. The summed E-state index contributed by atoms with van der Waals surface area (Å²) in [7, 11) is 2.16. The van der Waals surface area contributed by atoms with Crippen molar-refractivity contribution in [1.82, 2.24) is 34.3 Å². The van der Waals surface area contributed by atoms with Crippen LogP contribution in [0.25, 0.3) is 11.2 Å². The minimum Gasteiger partial charge on any atom is -0.478 e. The van der Waals surface area contributed by atoms with Gasteiger partial charge in [0.05, 0.1) is 19.8 Å². The molecule has 0 amide bonds. The molecule has 0 atom stereocenters. The monoisotopic (exact) mass is 442 g/mol. The molecular formula is C21H30N8O3. The number of aromatic nitrogens is 5. The Morgan fingerprint density at radius 2 is 1.97 bits per heavy atom. The van der Waals surface area contributed by atoms with Crippen LogP contribution in [-0.4, -0.2) is 87.3 Å². The molecule has 3 N–H and O–H groups in total. The van der Waals surface area contributed by atoms with Gasteiger partial charge in [0, 0.05) is 45.0 Å². The Hall–Kier alpha value is -3.18. The molecule has 172 valence electrons. The van der Waals surface area contributed by atoms with Crippen LogP contribution in [0, 0.1) is 0 Å². The van der Waals surface area contributed by atoms with Gasteiger partial charge in [0.15, 0.2) is 11.5 Å². The lowest BCUT2D eigenvalue weighted by atomic mass is 10.3. The second-order valence-electron chi connectivity index (χ2n) is 7.89. The van der Waals surface area contributed by atoms with Crippen molar-refractivity contribution in [1.29, 1.82) is 0 Å². The molecule has 11 nitrogen and oxygen atoms in total. The van der Waals surface area contributed by atoms with E-state index < -0.39 is 0 Å². The number of anilines is 1. The summed E-state index contributed by atoms with van der Waals surface area (Å²) in [6, 6.07) is 3.85. The fourth-order valence-corrected chi connectivity index (χ4v) is 3.68. The standard InChI is InChI=1S/C21H30N8O3/c1-3-31-20-25-18(22)17-19(26-20)29(21(30)24-17)14-15-5-6-16(23-13-15)32-12-4-7-28-10-8-27(2)9-11-28/h5-6,13H,3-4,7-12,14H2,1-2H3,(H,24,30)(H2,22,25,26). The van der Waals surface area contributed by atoms with Crippen LogP contribution in [0.15, 0.2) is 23.1 Å². The maximum Gasteiger partial charge on any atom is 0.328 e. The van der Waals surface area contributed by atoms with Crippen LogP contribution in [0.4, 0.5) is 5.82 Å². The number of nitrogens with zero attached hydrogens (tertiary/aromatic N) is 6. The number of likely N-dealkylation sites (N-methyl/N-ethyl adjacent to an activating group) is 1. The van der Waals surface area contributed by atoms with E-state index in [1.54, 1.807) is 6.20 Å². The van der Waals surface area contributed by atoms with E-state index in [2.05, 4.69) is 36.8 Å². The van der Waals surface area contributed by atoms with E-state index in [1.165, 1.54) is 4.57 Å². The van der Waals surface area contributed by atoms with E-state index in [4.69, 9.17) is 15.2 Å². The van der Waals surface area contributed by atoms with Crippen molar-refractivity contribution in [2.24, 2.45) is 0 Å². The van der Waals surface area contributed by atoms with E-state index in [0.717, 1.165) is 44.7 Å². The number of hydrogen-bond acceptors (Lipinski definition) is 9. The highest BCUT2D eigenvalue weighted by molar-refractivity contribution is 5.81. The number of piperazine rings is 1. The summed E-state index contributed by atoms with van der Waals surface area (Å²) in [6.07, 6.45) is 2.66. The van der Waals surface area contributed by atoms with Crippen molar-refractivity contribution in [3.8, 4) is 11.9 Å². The first-order valence-electron chi connectivity index (χ1n) is 10.9. The van der Waals surface area contributed by atoms with Gasteiger partial charge in [-0.15, -0.1) is 0 Å². The van der Waals surface area contributed by atoms with E-state index in [1.807, 2.05) is 19.1 Å². The molecule has 0 unspecified atom stereocenters. The molecule has 3 aromatic heterocycles. The van der Waals surface area contributed by atoms with Crippen molar-refractivity contribution in [3.63, 3.8) is 0 Å². The molecular weight excluding hydrogens is 412 g/mol. The number of fused-ring (bicyclic) bond motifs is 1. The minimum atomic E-state index is -0.320. The topological polar surface area (TPSA) is 127 Å². The molecule has 4 rings (SSSR count). The fourth-order valence-electron chi connectivity index (χ4n) is 3.68. The average molecular weight is 443 g/mol. The molecule has 3 aromatic rings. The van der Waals surface area contributed by atoms with Crippen molar-refractivity contribution in [3.05, 3.63) is 34.4 Å². The third-order valence-electron chi connectivity index (χ3n) is 5.51. The molecule has 0 aliphatic carbocycles. The van der Waals surface area contributed by atoms with Crippen LogP contribution in [0.1, 0.15) is 18.9 Å². The van der Waals surface area contributed by atoms with Crippen LogP contribution >= 0.6 is 0 Å². The highest BCUT2D eigenvalue weighted by Crippen LogP contribution is 2.18. The Bertz CT molecular complexity index is 1090. The van der Waals surface area contributed by atoms with Crippen LogP contribution in [0.3, 0.4) is 0 Å². The van der Waals surface area contributed by atoms with Crippen LogP contribution < -0.4 is 20.9 Å². The molecule has 4 heterocycles. The third kappa shape index (κ3) is 5.17. The lowest BCUT2D eigenvalue weighted by Crippen LogP contribution is -2.44. The maximum absolute atomic E-state index is 12.4. The van der Waals surface area contributed by atoms with Crippen LogP contribution in [-0.2, 0) is 6.54 Å². The molecule has 1 fully saturated rings. The quantitative estimate of drug-likeness (QED) is 0.457. The average Bonchev–Trinajstić information content (AvgIpc) is 3.10. The summed E-state index contributed by atoms with van der Waals surface area (Å²) >= 11 is 0. The first kappa shape index (κ1) is 22.0. The SMILES string of the molecule is CCOc1nc(N)c2[nH]c(=O)n(Cc3ccc(OCCCN4CCN(C)CC4)nc3)c2n1. The second-order valence-corrected chi connectivity index (χ2v) is 7.89. The summed E-state index contributed by atoms with van der Waals surface area (Å²) in [5, 5.41) is 0. The number of pyridine rings is 1. The van der Waals surface area contributed by atoms with Crippen molar-refractivity contribution in [2.45, 2.75) is 19.9 Å². The van der Waals surface area contributed by atoms with Crippen molar-refractivity contribution in [2.75, 3.05) is 58.7 Å². The van der Waals surface area contributed by atoms with Crippen LogP contribution in [0.2, 0.25) is 0 Å². The number of nitrogens with two attached hydrogens (primary N) is 1. The Morgan fingerprint density at radius 1 is 1.16 bits per heavy atom. The van der Waals surface area contributed by atoms with Gasteiger partial charge in [-0.3, -0.25) is 4.57 Å². The number of nitrogen functional groups attached to an aromatic ring is 1. The number of hydrogen-bond donors (Lipinski definition) is 2. The predicted molar refractivity (Wildman–Crippen MR) is 121 cm³/mol. The van der Waals surface area contributed by atoms with Gasteiger partial charge in [-0.2, -0.15) is 9.97 Å². The Balaban J connectivity index is 1.35. The van der Waals surface area contributed by atoms with Crippen molar-refractivity contribution >= 4 is 17.0 Å². The van der Waals surface area contributed by atoms with Gasteiger partial charge in [-0.25, -0.2) is 9.78 Å². The van der Waals surface area contributed by atoms with Crippen molar-refractivity contribution < 1.29 is 9.47 Å². The van der Waals surface area contributed by atoms with Gasteiger partial charge < -0.3 is 30.0 Å². The molecule has 0 bridgehead atoms. The highest BCUT2D eigenvalue weighted by atomic mass is 16.5. The summed E-state index contributed by atoms with van der Waals surface area (Å²) in [6.45, 7) is 8.64. The summed E-state index contributed by atoms with van der Waals surface area (Å²) < 4.78 is 12.6. The molecule has 0 radical (unpaired) electrons. The Labute approximate surface area is 186 Å². The zero-order valence-electron chi connectivity index (χ0n) is 18.6. The molecule has 11 heteroatoms. The lowest BCUT2D eigenvalue weighted by molar-refractivity contribution is 0.145. The highest BCUT2D eigenvalue weighted by Gasteiger charge is 2.15. The second kappa shape index (κ2) is 9.96. The molecule has 1 saturated heterocycles. The van der Waals surface area contributed by atoms with Gasteiger partial charge in [0.1, 0.15) is 5.52 Å². The number of aromatic amines is 1. The van der Waals surface area contributed by atoms with Gasteiger partial charge in [-0.1, -0.05) is 6.07 Å². The Kier molecular flexibility index (Phi) is 6.86. The summed E-state index contributed by atoms with van der Waals surface area (Å²) in [5.74, 6) is 0.747. The first-order chi connectivity index (χ1) is 15.5. The number of ether oxygens (including phenoxy) is 2.